The minimum atomic E-state index is 0.850. The molecule has 3 nitrogen and oxygen atoms in total. The first-order valence-electron chi connectivity index (χ1n) is 7.54. The molecule has 3 heteroatoms. The van der Waals surface area contributed by atoms with Crippen LogP contribution in [0.3, 0.4) is 0 Å². The number of benzene rings is 3. The lowest BCUT2D eigenvalue weighted by Crippen LogP contribution is -1.77. The molecule has 3 aromatic carbocycles. The third kappa shape index (κ3) is 2.64. The Morgan fingerprint density at radius 3 is 2.22 bits per heavy atom. The van der Waals surface area contributed by atoms with Crippen molar-refractivity contribution < 1.29 is 0 Å². The van der Waals surface area contributed by atoms with Gasteiger partial charge in [0, 0.05) is 22.7 Å². The lowest BCUT2D eigenvalue weighted by Gasteiger charge is -2.04. The summed E-state index contributed by atoms with van der Waals surface area (Å²) < 4.78 is 0. The quantitative estimate of drug-likeness (QED) is 0.434. The molecule has 0 atom stereocenters. The van der Waals surface area contributed by atoms with Crippen LogP contribution >= 0.6 is 0 Å². The molecule has 0 saturated carbocycles. The highest BCUT2D eigenvalue weighted by atomic mass is 15.1. The number of aromatic nitrogens is 1. The second-order valence-electron chi connectivity index (χ2n) is 5.30. The van der Waals surface area contributed by atoms with Gasteiger partial charge in [-0.3, -0.25) is 0 Å². The molecule has 0 aliphatic carbocycles. The molecule has 0 bridgehead atoms. The van der Waals surface area contributed by atoms with E-state index in [4.69, 9.17) is 0 Å². The maximum atomic E-state index is 4.48. The van der Waals surface area contributed by atoms with E-state index in [-0.39, 0.29) is 0 Å². The molecule has 0 aliphatic heterocycles. The van der Waals surface area contributed by atoms with Crippen molar-refractivity contribution in [2.24, 2.45) is 10.2 Å². The third-order valence-corrected chi connectivity index (χ3v) is 3.82. The average molecular weight is 297 g/mol. The van der Waals surface area contributed by atoms with Crippen LogP contribution in [0.5, 0.6) is 0 Å². The minimum absolute atomic E-state index is 0.850. The third-order valence-electron chi connectivity index (χ3n) is 3.82. The van der Waals surface area contributed by atoms with E-state index < -0.39 is 0 Å². The molecule has 4 aromatic rings. The Bertz CT molecular complexity index is 968. The number of hydrogen-bond donors (Lipinski definition) is 1. The first kappa shape index (κ1) is 13.5. The summed E-state index contributed by atoms with van der Waals surface area (Å²) in [6.07, 6.45) is 1.89. The summed E-state index contributed by atoms with van der Waals surface area (Å²) in [7, 11) is 0. The largest absolute Gasteiger partial charge is 0.359 e. The van der Waals surface area contributed by atoms with Crippen molar-refractivity contribution in [2.75, 3.05) is 0 Å². The van der Waals surface area contributed by atoms with Gasteiger partial charge in [-0.2, -0.15) is 0 Å². The van der Waals surface area contributed by atoms with E-state index in [9.17, 15) is 0 Å². The van der Waals surface area contributed by atoms with E-state index in [2.05, 4.69) is 33.4 Å². The van der Waals surface area contributed by atoms with Gasteiger partial charge in [0.25, 0.3) is 0 Å². The highest BCUT2D eigenvalue weighted by Gasteiger charge is 2.04. The van der Waals surface area contributed by atoms with Gasteiger partial charge in [-0.1, -0.05) is 66.7 Å². The van der Waals surface area contributed by atoms with Crippen molar-refractivity contribution in [2.45, 2.75) is 0 Å². The number of para-hydroxylation sites is 1. The maximum absolute atomic E-state index is 4.48. The number of hydrogen-bond acceptors (Lipinski definition) is 2. The van der Waals surface area contributed by atoms with Crippen molar-refractivity contribution in [1.29, 1.82) is 0 Å². The summed E-state index contributed by atoms with van der Waals surface area (Å²) in [5.41, 5.74) is 5.00. The van der Waals surface area contributed by atoms with E-state index in [1.165, 1.54) is 0 Å². The van der Waals surface area contributed by atoms with Gasteiger partial charge in [0.05, 0.1) is 5.69 Å². The van der Waals surface area contributed by atoms with Crippen LogP contribution < -0.4 is 0 Å². The highest BCUT2D eigenvalue weighted by Crippen LogP contribution is 2.32. The van der Waals surface area contributed by atoms with Crippen LogP contribution in [0.1, 0.15) is 0 Å². The predicted molar refractivity (Wildman–Crippen MR) is 94.4 cm³/mol. The van der Waals surface area contributed by atoms with Crippen LogP contribution in [-0.2, 0) is 0 Å². The van der Waals surface area contributed by atoms with Gasteiger partial charge < -0.3 is 4.98 Å². The molecule has 1 N–H and O–H groups in total. The molecular weight excluding hydrogens is 282 g/mol. The molecule has 0 aliphatic rings. The van der Waals surface area contributed by atoms with Crippen molar-refractivity contribution in [3.05, 3.63) is 85.1 Å². The summed E-state index contributed by atoms with van der Waals surface area (Å²) in [4.78, 5) is 3.22. The van der Waals surface area contributed by atoms with Crippen molar-refractivity contribution in [3.8, 4) is 11.1 Å². The van der Waals surface area contributed by atoms with E-state index in [1.54, 1.807) is 0 Å². The van der Waals surface area contributed by atoms with E-state index in [0.29, 0.717) is 0 Å². The van der Waals surface area contributed by atoms with Gasteiger partial charge in [0.1, 0.15) is 5.69 Å². The molecule has 110 valence electrons. The number of rotatable bonds is 3. The molecule has 23 heavy (non-hydrogen) atoms. The van der Waals surface area contributed by atoms with Crippen molar-refractivity contribution in [3.63, 3.8) is 0 Å². The fourth-order valence-corrected chi connectivity index (χ4v) is 2.67. The Balaban J connectivity index is 1.75. The minimum Gasteiger partial charge on any atom is -0.359 e. The van der Waals surface area contributed by atoms with Crippen molar-refractivity contribution >= 4 is 22.3 Å². The molecule has 1 heterocycles. The van der Waals surface area contributed by atoms with Gasteiger partial charge in [0.2, 0.25) is 0 Å². The number of nitrogens with one attached hydrogen (secondary N) is 1. The van der Waals surface area contributed by atoms with E-state index in [1.807, 2.05) is 66.9 Å². The highest BCUT2D eigenvalue weighted by molar-refractivity contribution is 5.90. The molecule has 0 saturated heterocycles. The summed E-state index contributed by atoms with van der Waals surface area (Å²) in [5, 5.41) is 10.0. The first-order valence-corrected chi connectivity index (χ1v) is 7.54. The standard InChI is InChI=1S/C20H15N3/c1-2-8-15(9-3-1)16-10-4-7-13-19(16)22-23-20-14-21-18-12-6-5-11-17(18)20/h1-14,21H. The molecule has 0 spiro atoms. The Morgan fingerprint density at radius 2 is 1.30 bits per heavy atom. The fraction of sp³-hybridized carbons (Fsp3) is 0. The van der Waals surface area contributed by atoms with Crippen LogP contribution in [-0.4, -0.2) is 4.98 Å². The Kier molecular flexibility index (Phi) is 3.45. The topological polar surface area (TPSA) is 40.5 Å². The number of azo groups is 1. The predicted octanol–water partition coefficient (Wildman–Crippen LogP) is 6.25. The lowest BCUT2D eigenvalue weighted by molar-refractivity contribution is 1.24. The number of fused-ring (bicyclic) bond motifs is 1. The van der Waals surface area contributed by atoms with Gasteiger partial charge in [-0.25, -0.2) is 0 Å². The van der Waals surface area contributed by atoms with Gasteiger partial charge in [-0.15, -0.1) is 10.2 Å². The van der Waals surface area contributed by atoms with Crippen LogP contribution in [0.15, 0.2) is 95.3 Å². The van der Waals surface area contributed by atoms with Crippen LogP contribution in [0.4, 0.5) is 11.4 Å². The van der Waals surface area contributed by atoms with Gasteiger partial charge in [0.15, 0.2) is 0 Å². The number of nitrogens with zero attached hydrogens (tertiary/aromatic N) is 2. The first-order chi connectivity index (χ1) is 11.4. The summed E-state index contributed by atoms with van der Waals surface area (Å²) in [5.74, 6) is 0. The number of H-pyrrole nitrogens is 1. The molecular formula is C20H15N3. The van der Waals surface area contributed by atoms with Crippen LogP contribution in [0.2, 0.25) is 0 Å². The second kappa shape index (κ2) is 5.89. The average Bonchev–Trinajstić information content (AvgIpc) is 3.04. The zero-order valence-electron chi connectivity index (χ0n) is 12.5. The molecule has 0 amide bonds. The maximum Gasteiger partial charge on any atom is 0.111 e. The summed E-state index contributed by atoms with van der Waals surface area (Å²) in [6.45, 7) is 0. The zero-order valence-corrected chi connectivity index (χ0v) is 12.5. The van der Waals surface area contributed by atoms with Crippen LogP contribution in [0.25, 0.3) is 22.0 Å². The monoisotopic (exact) mass is 297 g/mol. The van der Waals surface area contributed by atoms with E-state index in [0.717, 1.165) is 33.4 Å². The normalized spacial score (nSPS) is 11.3. The molecule has 0 fully saturated rings. The fourth-order valence-electron chi connectivity index (χ4n) is 2.67. The summed E-state index contributed by atoms with van der Waals surface area (Å²) in [6, 6.07) is 26.4. The van der Waals surface area contributed by atoms with Crippen molar-refractivity contribution in [1.82, 2.24) is 4.98 Å². The molecule has 1 aromatic heterocycles. The van der Waals surface area contributed by atoms with Crippen LogP contribution in [0, 0.1) is 0 Å². The Labute approximate surface area is 134 Å². The summed E-state index contributed by atoms with van der Waals surface area (Å²) >= 11 is 0. The lowest BCUT2D eigenvalue weighted by atomic mass is 10.0. The molecule has 0 radical (unpaired) electrons. The second-order valence-corrected chi connectivity index (χ2v) is 5.30. The zero-order chi connectivity index (χ0) is 15.5. The Hall–Kier alpha value is -3.20. The van der Waals surface area contributed by atoms with Gasteiger partial charge >= 0.3 is 0 Å². The molecule has 4 rings (SSSR count). The SMILES string of the molecule is c1ccc(-c2ccccc2N=Nc2c[nH]c3ccccc23)cc1. The number of aromatic amines is 1. The van der Waals surface area contributed by atoms with Gasteiger partial charge in [-0.05, 0) is 17.7 Å². The van der Waals surface area contributed by atoms with E-state index >= 15 is 0 Å². The molecule has 0 unspecified atom stereocenters. The Morgan fingerprint density at radius 1 is 0.609 bits per heavy atom. The smallest absolute Gasteiger partial charge is 0.111 e.